The molecule has 0 spiro atoms. The molecule has 0 aliphatic rings. The van der Waals surface area contributed by atoms with Gasteiger partial charge in [0.2, 0.25) is 5.95 Å². The lowest BCUT2D eigenvalue weighted by Crippen LogP contribution is -2.05. The Labute approximate surface area is 156 Å². The number of pyridine rings is 1. The molecule has 3 aromatic rings. The molecule has 0 fully saturated rings. The molecule has 2 heterocycles. The Kier molecular flexibility index (Phi) is 5.46. The normalized spacial score (nSPS) is 10.2. The van der Waals surface area contributed by atoms with E-state index in [9.17, 15) is 4.79 Å². The molecule has 0 aliphatic heterocycles. The van der Waals surface area contributed by atoms with Crippen LogP contribution < -0.4 is 15.4 Å². The van der Waals surface area contributed by atoms with Crippen LogP contribution in [0.2, 0.25) is 0 Å². The van der Waals surface area contributed by atoms with Crippen LogP contribution in [0.3, 0.4) is 0 Å². The molecule has 3 rings (SSSR count). The summed E-state index contributed by atoms with van der Waals surface area (Å²) in [5, 5.41) is 6.13. The molecule has 27 heavy (non-hydrogen) atoms. The van der Waals surface area contributed by atoms with E-state index in [1.165, 1.54) is 7.11 Å². The first-order valence-corrected chi connectivity index (χ1v) is 8.15. The molecule has 0 bridgehead atoms. The highest BCUT2D eigenvalue weighted by Gasteiger charge is 2.13. The molecule has 0 saturated carbocycles. The molecule has 0 aliphatic carbocycles. The van der Waals surface area contributed by atoms with Crippen molar-refractivity contribution < 1.29 is 14.3 Å². The van der Waals surface area contributed by atoms with E-state index in [2.05, 4.69) is 25.6 Å². The zero-order valence-corrected chi connectivity index (χ0v) is 15.2. The van der Waals surface area contributed by atoms with Gasteiger partial charge in [0.15, 0.2) is 0 Å². The number of rotatable bonds is 6. The molecule has 0 radical (unpaired) electrons. The van der Waals surface area contributed by atoms with Gasteiger partial charge >= 0.3 is 5.97 Å². The van der Waals surface area contributed by atoms with Crippen molar-refractivity contribution in [2.75, 3.05) is 31.9 Å². The number of hydrogen-bond donors (Lipinski definition) is 2. The quantitative estimate of drug-likeness (QED) is 0.643. The molecule has 0 saturated heterocycles. The summed E-state index contributed by atoms with van der Waals surface area (Å²) in [6, 6.07) is 10.5. The second-order valence-electron chi connectivity index (χ2n) is 5.49. The molecular weight excluding hydrogens is 346 g/mol. The van der Waals surface area contributed by atoms with Crippen LogP contribution in [0, 0.1) is 0 Å². The number of methoxy groups -OCH3 is 2. The highest BCUT2D eigenvalue weighted by atomic mass is 16.5. The van der Waals surface area contributed by atoms with Crippen LogP contribution in [0.5, 0.6) is 5.75 Å². The van der Waals surface area contributed by atoms with Gasteiger partial charge < -0.3 is 20.1 Å². The van der Waals surface area contributed by atoms with E-state index in [0.717, 1.165) is 5.56 Å². The number of hydrogen-bond acceptors (Lipinski definition) is 8. The fraction of sp³-hybridized carbons (Fsp3) is 0.158. The maximum Gasteiger partial charge on any atom is 0.337 e. The maximum absolute atomic E-state index is 11.8. The Morgan fingerprint density at radius 3 is 2.63 bits per heavy atom. The van der Waals surface area contributed by atoms with Crippen molar-refractivity contribution in [3.8, 4) is 17.0 Å². The van der Waals surface area contributed by atoms with Gasteiger partial charge in [-0.1, -0.05) is 0 Å². The Bertz CT molecular complexity index is 947. The van der Waals surface area contributed by atoms with Crippen molar-refractivity contribution in [2.24, 2.45) is 0 Å². The van der Waals surface area contributed by atoms with E-state index < -0.39 is 5.97 Å². The Morgan fingerprint density at radius 1 is 1.11 bits per heavy atom. The third-order valence-electron chi connectivity index (χ3n) is 3.79. The smallest absolute Gasteiger partial charge is 0.337 e. The fourth-order valence-corrected chi connectivity index (χ4v) is 2.47. The van der Waals surface area contributed by atoms with Crippen molar-refractivity contribution in [1.82, 2.24) is 15.0 Å². The van der Waals surface area contributed by atoms with Gasteiger partial charge in [0.1, 0.15) is 11.6 Å². The van der Waals surface area contributed by atoms with Gasteiger partial charge in [-0.2, -0.15) is 4.98 Å². The highest BCUT2D eigenvalue weighted by Crippen LogP contribution is 2.30. The summed E-state index contributed by atoms with van der Waals surface area (Å²) in [6.07, 6.45) is 3.43. The largest absolute Gasteiger partial charge is 0.495 e. The fourth-order valence-electron chi connectivity index (χ4n) is 2.47. The second-order valence-corrected chi connectivity index (χ2v) is 5.49. The number of nitrogens with zero attached hydrogens (tertiary/aromatic N) is 3. The van der Waals surface area contributed by atoms with E-state index in [4.69, 9.17) is 9.47 Å². The molecule has 138 valence electrons. The first-order chi connectivity index (χ1) is 13.1. The average Bonchev–Trinajstić information content (AvgIpc) is 2.73. The minimum absolute atomic E-state index is 0.399. The summed E-state index contributed by atoms with van der Waals surface area (Å²) in [5.41, 5.74) is 2.54. The number of anilines is 3. The third kappa shape index (κ3) is 4.12. The summed E-state index contributed by atoms with van der Waals surface area (Å²) in [6.45, 7) is 0. The average molecular weight is 365 g/mol. The Morgan fingerprint density at radius 2 is 1.96 bits per heavy atom. The Balaban J connectivity index is 2.01. The second kappa shape index (κ2) is 8.13. The molecule has 8 heteroatoms. The molecule has 1 aromatic carbocycles. The number of benzene rings is 1. The third-order valence-corrected chi connectivity index (χ3v) is 3.79. The molecule has 2 N–H and O–H groups in total. The van der Waals surface area contributed by atoms with Crippen LogP contribution in [0.1, 0.15) is 10.4 Å². The van der Waals surface area contributed by atoms with Crippen LogP contribution >= 0.6 is 0 Å². The number of nitrogens with one attached hydrogen (secondary N) is 2. The number of carbonyl (C=O) groups is 1. The lowest BCUT2D eigenvalue weighted by molar-refractivity contribution is 0.0601. The highest BCUT2D eigenvalue weighted by molar-refractivity contribution is 5.91. The van der Waals surface area contributed by atoms with Gasteiger partial charge in [0.25, 0.3) is 0 Å². The van der Waals surface area contributed by atoms with Crippen LogP contribution in [0.4, 0.5) is 17.5 Å². The maximum atomic E-state index is 11.8. The van der Waals surface area contributed by atoms with E-state index in [-0.39, 0.29) is 0 Å². The van der Waals surface area contributed by atoms with Gasteiger partial charge in [-0.15, -0.1) is 0 Å². The van der Waals surface area contributed by atoms with Crippen LogP contribution in [0.25, 0.3) is 11.3 Å². The predicted molar refractivity (Wildman–Crippen MR) is 102 cm³/mol. The number of ether oxygens (including phenoxy) is 2. The minimum Gasteiger partial charge on any atom is -0.495 e. The topological polar surface area (TPSA) is 98.3 Å². The monoisotopic (exact) mass is 365 g/mol. The summed E-state index contributed by atoms with van der Waals surface area (Å²) in [5.74, 6) is 1.11. The molecule has 8 nitrogen and oxygen atoms in total. The Hall–Kier alpha value is -3.68. The van der Waals surface area contributed by atoms with E-state index in [1.54, 1.807) is 50.8 Å². The van der Waals surface area contributed by atoms with Crippen LogP contribution in [-0.2, 0) is 4.74 Å². The van der Waals surface area contributed by atoms with Gasteiger partial charge in [-0.05, 0) is 30.3 Å². The van der Waals surface area contributed by atoms with E-state index >= 15 is 0 Å². The minimum atomic E-state index is -0.435. The van der Waals surface area contributed by atoms with Crippen molar-refractivity contribution in [2.45, 2.75) is 0 Å². The molecule has 2 aromatic heterocycles. The molecule has 0 unspecified atom stereocenters. The van der Waals surface area contributed by atoms with Crippen molar-refractivity contribution in [1.29, 1.82) is 0 Å². The molecular formula is C19H19N5O3. The van der Waals surface area contributed by atoms with Gasteiger partial charge in [-0.25, -0.2) is 9.78 Å². The van der Waals surface area contributed by atoms with E-state index in [0.29, 0.717) is 34.5 Å². The lowest BCUT2D eigenvalue weighted by atomic mass is 10.1. The summed E-state index contributed by atoms with van der Waals surface area (Å²) >= 11 is 0. The van der Waals surface area contributed by atoms with E-state index in [1.807, 2.05) is 12.1 Å². The zero-order chi connectivity index (χ0) is 19.2. The molecule has 0 amide bonds. The predicted octanol–water partition coefficient (Wildman–Crippen LogP) is 3.12. The first kappa shape index (κ1) is 18.1. The SMILES string of the molecule is CNc1nc(Nc2cc(C(=O)OC)ccc2OC)cc(-c2cccnc2)n1. The standard InChI is InChI=1S/C19H19N5O3/c1-20-19-23-14(13-5-4-8-21-11-13)10-17(24-19)22-15-9-12(18(25)27-3)6-7-16(15)26-2/h4-11H,1-3H3,(H2,20,22,23,24). The van der Waals surface area contributed by atoms with Crippen LogP contribution in [0.15, 0.2) is 48.8 Å². The number of aromatic nitrogens is 3. The number of esters is 1. The lowest BCUT2D eigenvalue weighted by Gasteiger charge is -2.13. The number of carbonyl (C=O) groups excluding carboxylic acids is 1. The summed E-state index contributed by atoms with van der Waals surface area (Å²) < 4.78 is 10.2. The first-order valence-electron chi connectivity index (χ1n) is 8.15. The zero-order valence-electron chi connectivity index (χ0n) is 15.2. The molecule has 0 atom stereocenters. The van der Waals surface area contributed by atoms with Gasteiger partial charge in [0.05, 0.1) is 31.2 Å². The van der Waals surface area contributed by atoms with Gasteiger partial charge in [0, 0.05) is 31.1 Å². The van der Waals surface area contributed by atoms with Crippen molar-refractivity contribution in [3.05, 3.63) is 54.4 Å². The summed E-state index contributed by atoms with van der Waals surface area (Å²) in [7, 11) is 4.63. The van der Waals surface area contributed by atoms with Crippen LogP contribution in [-0.4, -0.2) is 42.2 Å². The van der Waals surface area contributed by atoms with Crippen molar-refractivity contribution >= 4 is 23.4 Å². The van der Waals surface area contributed by atoms with Crippen molar-refractivity contribution in [3.63, 3.8) is 0 Å². The summed E-state index contributed by atoms with van der Waals surface area (Å²) in [4.78, 5) is 24.8. The van der Waals surface area contributed by atoms with Gasteiger partial charge in [-0.3, -0.25) is 4.98 Å².